The van der Waals surface area contributed by atoms with Crippen LogP contribution >= 0.6 is 0 Å². The van der Waals surface area contributed by atoms with Crippen LogP contribution in [0.25, 0.3) is 0 Å². The lowest BCUT2D eigenvalue weighted by Crippen LogP contribution is -2.30. The van der Waals surface area contributed by atoms with Gasteiger partial charge >= 0.3 is 6.03 Å². The molecule has 0 saturated carbocycles. The van der Waals surface area contributed by atoms with Gasteiger partial charge in [0.05, 0.1) is 7.11 Å². The number of rotatable bonds is 4. The molecule has 0 bridgehead atoms. The summed E-state index contributed by atoms with van der Waals surface area (Å²) in [4.78, 5) is 13.5. The molecule has 110 valence electrons. The maximum Gasteiger partial charge on any atom is 0.321 e. The number of methoxy groups -OCH3 is 1. The van der Waals surface area contributed by atoms with E-state index in [0.717, 1.165) is 5.69 Å². The Morgan fingerprint density at radius 3 is 2.57 bits per heavy atom. The van der Waals surface area contributed by atoms with Crippen molar-refractivity contribution in [3.8, 4) is 5.75 Å². The number of urea groups is 1. The first-order valence-corrected chi connectivity index (χ1v) is 6.49. The van der Waals surface area contributed by atoms with E-state index in [4.69, 9.17) is 4.74 Å². The van der Waals surface area contributed by atoms with Crippen LogP contribution < -0.4 is 10.1 Å². The fourth-order valence-corrected chi connectivity index (χ4v) is 1.89. The molecule has 5 heteroatoms. The Balaban J connectivity index is 1.99. The van der Waals surface area contributed by atoms with Crippen LogP contribution in [0.1, 0.15) is 5.56 Å². The number of hydrogen-bond acceptors (Lipinski definition) is 2. The number of hydrogen-bond donors (Lipinski definition) is 1. The molecule has 0 spiro atoms. The third kappa shape index (κ3) is 3.95. The standard InChI is InChI=1S/C16H17FN2O2/c1-19(16(20)18-13-6-4-3-5-7-13)11-12-8-9-15(21-2)14(17)10-12/h3-10H,11H2,1-2H3,(H,18,20). The lowest BCUT2D eigenvalue weighted by atomic mass is 10.2. The van der Waals surface area contributed by atoms with Gasteiger partial charge in [0, 0.05) is 19.3 Å². The van der Waals surface area contributed by atoms with Gasteiger partial charge in [-0.3, -0.25) is 0 Å². The van der Waals surface area contributed by atoms with Crippen LogP contribution in [-0.2, 0) is 6.54 Å². The minimum atomic E-state index is -0.438. The van der Waals surface area contributed by atoms with Crippen molar-refractivity contribution in [1.82, 2.24) is 4.90 Å². The van der Waals surface area contributed by atoms with Crippen molar-refractivity contribution in [1.29, 1.82) is 0 Å². The monoisotopic (exact) mass is 288 g/mol. The van der Waals surface area contributed by atoms with Crippen molar-refractivity contribution < 1.29 is 13.9 Å². The van der Waals surface area contributed by atoms with Crippen molar-refractivity contribution in [2.45, 2.75) is 6.54 Å². The summed E-state index contributed by atoms with van der Waals surface area (Å²) in [6.45, 7) is 0.305. The summed E-state index contributed by atoms with van der Waals surface area (Å²) >= 11 is 0. The number of para-hydroxylation sites is 1. The second kappa shape index (κ2) is 6.74. The highest BCUT2D eigenvalue weighted by molar-refractivity contribution is 5.89. The van der Waals surface area contributed by atoms with Crippen LogP contribution in [0.2, 0.25) is 0 Å². The number of nitrogens with zero attached hydrogens (tertiary/aromatic N) is 1. The van der Waals surface area contributed by atoms with E-state index in [2.05, 4.69) is 5.32 Å². The molecule has 2 aromatic rings. The Kier molecular flexibility index (Phi) is 4.77. The molecule has 2 amide bonds. The van der Waals surface area contributed by atoms with Gasteiger partial charge in [-0.25, -0.2) is 9.18 Å². The summed E-state index contributed by atoms with van der Waals surface area (Å²) in [5, 5.41) is 2.77. The predicted octanol–water partition coefficient (Wildman–Crippen LogP) is 3.50. The van der Waals surface area contributed by atoms with Crippen molar-refractivity contribution >= 4 is 11.7 Å². The molecule has 2 rings (SSSR count). The van der Waals surface area contributed by atoms with Crippen molar-refractivity contribution in [2.75, 3.05) is 19.5 Å². The van der Waals surface area contributed by atoms with Crippen LogP contribution in [0.3, 0.4) is 0 Å². The Morgan fingerprint density at radius 1 is 1.24 bits per heavy atom. The molecule has 4 nitrogen and oxygen atoms in total. The second-order valence-corrected chi connectivity index (χ2v) is 4.62. The summed E-state index contributed by atoms with van der Waals surface area (Å²) in [7, 11) is 3.07. The zero-order valence-electron chi connectivity index (χ0n) is 12.0. The summed E-state index contributed by atoms with van der Waals surface area (Å²) in [6.07, 6.45) is 0. The maximum absolute atomic E-state index is 13.6. The molecule has 0 aromatic heterocycles. The Bertz CT molecular complexity index is 617. The van der Waals surface area contributed by atoms with E-state index in [1.165, 1.54) is 18.1 Å². The minimum Gasteiger partial charge on any atom is -0.494 e. The van der Waals surface area contributed by atoms with Gasteiger partial charge in [0.25, 0.3) is 0 Å². The zero-order chi connectivity index (χ0) is 15.2. The molecule has 0 aliphatic heterocycles. The molecule has 0 heterocycles. The molecular weight excluding hydrogens is 271 g/mol. The molecule has 0 saturated heterocycles. The molecule has 0 unspecified atom stereocenters. The summed E-state index contributed by atoms with van der Waals surface area (Å²) in [5.41, 5.74) is 1.41. The van der Waals surface area contributed by atoms with E-state index in [1.807, 2.05) is 18.2 Å². The molecule has 0 radical (unpaired) electrons. The number of anilines is 1. The van der Waals surface area contributed by atoms with Gasteiger partial charge in [-0.15, -0.1) is 0 Å². The number of ether oxygens (including phenoxy) is 1. The van der Waals surface area contributed by atoms with E-state index in [0.29, 0.717) is 12.1 Å². The predicted molar refractivity (Wildman–Crippen MR) is 79.9 cm³/mol. The summed E-state index contributed by atoms with van der Waals surface area (Å²) < 4.78 is 18.5. The topological polar surface area (TPSA) is 41.6 Å². The van der Waals surface area contributed by atoms with Crippen molar-refractivity contribution in [3.05, 3.63) is 59.9 Å². The molecule has 2 aromatic carbocycles. The normalized spacial score (nSPS) is 10.0. The maximum atomic E-state index is 13.6. The van der Waals surface area contributed by atoms with Gasteiger partial charge in [-0.1, -0.05) is 24.3 Å². The Labute approximate surface area is 123 Å². The van der Waals surface area contributed by atoms with Crippen LogP contribution in [0.5, 0.6) is 5.75 Å². The van der Waals surface area contributed by atoms with E-state index in [9.17, 15) is 9.18 Å². The van der Waals surface area contributed by atoms with E-state index < -0.39 is 5.82 Å². The molecular formula is C16H17FN2O2. The Hall–Kier alpha value is -2.56. The minimum absolute atomic E-state index is 0.190. The van der Waals surface area contributed by atoms with Crippen LogP contribution in [0, 0.1) is 5.82 Å². The van der Waals surface area contributed by atoms with Gasteiger partial charge < -0.3 is 15.0 Å². The third-order valence-electron chi connectivity index (χ3n) is 3.01. The molecule has 0 aliphatic rings. The van der Waals surface area contributed by atoms with Crippen LogP contribution in [0.15, 0.2) is 48.5 Å². The van der Waals surface area contributed by atoms with Gasteiger partial charge in [0.2, 0.25) is 0 Å². The highest BCUT2D eigenvalue weighted by Gasteiger charge is 2.11. The summed E-state index contributed by atoms with van der Waals surface area (Å²) in [5.74, 6) is -0.248. The lowest BCUT2D eigenvalue weighted by Gasteiger charge is -2.18. The van der Waals surface area contributed by atoms with E-state index >= 15 is 0 Å². The number of carbonyl (C=O) groups is 1. The third-order valence-corrected chi connectivity index (χ3v) is 3.01. The molecule has 0 fully saturated rings. The smallest absolute Gasteiger partial charge is 0.321 e. The van der Waals surface area contributed by atoms with E-state index in [1.54, 1.807) is 31.3 Å². The first-order chi connectivity index (χ1) is 10.1. The number of halogens is 1. The van der Waals surface area contributed by atoms with Crippen LogP contribution in [0.4, 0.5) is 14.9 Å². The molecule has 21 heavy (non-hydrogen) atoms. The number of amides is 2. The quantitative estimate of drug-likeness (QED) is 0.935. The number of benzene rings is 2. The first-order valence-electron chi connectivity index (χ1n) is 6.49. The Morgan fingerprint density at radius 2 is 1.95 bits per heavy atom. The largest absolute Gasteiger partial charge is 0.494 e. The van der Waals surface area contributed by atoms with Crippen molar-refractivity contribution in [2.24, 2.45) is 0 Å². The van der Waals surface area contributed by atoms with Gasteiger partial charge in [-0.05, 0) is 29.8 Å². The summed E-state index contributed by atoms with van der Waals surface area (Å²) in [6, 6.07) is 13.6. The zero-order valence-corrected chi connectivity index (χ0v) is 12.0. The first kappa shape index (κ1) is 14.8. The average molecular weight is 288 g/mol. The highest BCUT2D eigenvalue weighted by Crippen LogP contribution is 2.18. The second-order valence-electron chi connectivity index (χ2n) is 4.62. The van der Waals surface area contributed by atoms with Gasteiger partial charge in [0.1, 0.15) is 0 Å². The molecule has 1 N–H and O–H groups in total. The van der Waals surface area contributed by atoms with Crippen molar-refractivity contribution in [3.63, 3.8) is 0 Å². The van der Waals surface area contributed by atoms with Gasteiger partial charge in [-0.2, -0.15) is 0 Å². The van der Waals surface area contributed by atoms with Gasteiger partial charge in [0.15, 0.2) is 11.6 Å². The fraction of sp³-hybridized carbons (Fsp3) is 0.188. The fourth-order valence-electron chi connectivity index (χ4n) is 1.89. The molecule has 0 atom stereocenters. The van der Waals surface area contributed by atoms with Crippen LogP contribution in [-0.4, -0.2) is 25.1 Å². The highest BCUT2D eigenvalue weighted by atomic mass is 19.1. The van der Waals surface area contributed by atoms with E-state index in [-0.39, 0.29) is 11.8 Å². The number of carbonyl (C=O) groups excluding carboxylic acids is 1. The lowest BCUT2D eigenvalue weighted by molar-refractivity contribution is 0.220. The SMILES string of the molecule is COc1ccc(CN(C)C(=O)Nc2ccccc2)cc1F. The molecule has 0 aliphatic carbocycles. The average Bonchev–Trinajstić information content (AvgIpc) is 2.48. The number of nitrogens with one attached hydrogen (secondary N) is 1.